The summed E-state index contributed by atoms with van der Waals surface area (Å²) in [5, 5.41) is 3.25. The minimum atomic E-state index is -0.525. The number of rotatable bonds is 6. The standard InChI is InChI=1S/C24H26ClN3O5/c1-14-9-16(6-7-18(14)27-8-4-5-22(27)29)26-24(31)15-10-23(30)28(13-15)19-11-17(25)20(32-2)12-21(19)33-3/h6-7,9,11-12,15H,4-5,8,10,13H2,1-3H3,(H,26,31)/t15-/m0/s1. The molecule has 9 heteroatoms. The van der Waals surface area contributed by atoms with E-state index in [9.17, 15) is 14.4 Å². The van der Waals surface area contributed by atoms with E-state index in [-0.39, 0.29) is 30.7 Å². The summed E-state index contributed by atoms with van der Waals surface area (Å²) in [6, 6.07) is 8.71. The number of carbonyl (C=O) groups is 3. The first kappa shape index (κ1) is 22.9. The Hall–Kier alpha value is -3.26. The predicted octanol–water partition coefficient (Wildman–Crippen LogP) is 3.78. The first-order chi connectivity index (χ1) is 15.8. The topological polar surface area (TPSA) is 88.2 Å². The molecule has 2 aromatic rings. The van der Waals surface area contributed by atoms with Crippen molar-refractivity contribution in [1.82, 2.24) is 0 Å². The Kier molecular flexibility index (Phi) is 6.47. The van der Waals surface area contributed by atoms with Crippen LogP contribution in [0.1, 0.15) is 24.8 Å². The minimum Gasteiger partial charge on any atom is -0.495 e. The van der Waals surface area contributed by atoms with Crippen molar-refractivity contribution in [3.05, 3.63) is 40.9 Å². The minimum absolute atomic E-state index is 0.0813. The second-order valence-electron chi connectivity index (χ2n) is 8.20. The molecule has 2 fully saturated rings. The van der Waals surface area contributed by atoms with Crippen LogP contribution in [-0.2, 0) is 14.4 Å². The molecule has 174 valence electrons. The molecule has 0 spiro atoms. The SMILES string of the molecule is COc1cc(OC)c(N2C[C@@H](C(=O)Nc3ccc(N4CCCC4=O)c(C)c3)CC2=O)cc1Cl. The molecule has 1 atom stereocenters. The Bertz CT molecular complexity index is 1120. The third-order valence-electron chi connectivity index (χ3n) is 6.07. The average molecular weight is 472 g/mol. The van der Waals surface area contributed by atoms with E-state index >= 15 is 0 Å². The monoisotopic (exact) mass is 471 g/mol. The van der Waals surface area contributed by atoms with Gasteiger partial charge >= 0.3 is 0 Å². The molecule has 2 saturated heterocycles. The van der Waals surface area contributed by atoms with Crippen molar-refractivity contribution in [2.24, 2.45) is 5.92 Å². The molecule has 0 radical (unpaired) electrons. The Balaban J connectivity index is 1.47. The molecule has 0 aromatic heterocycles. The maximum absolute atomic E-state index is 12.9. The maximum Gasteiger partial charge on any atom is 0.229 e. The molecule has 2 aromatic carbocycles. The van der Waals surface area contributed by atoms with Crippen LogP contribution in [0.25, 0.3) is 0 Å². The zero-order valence-corrected chi connectivity index (χ0v) is 19.6. The van der Waals surface area contributed by atoms with Crippen molar-refractivity contribution in [3.63, 3.8) is 0 Å². The Morgan fingerprint density at radius 2 is 1.79 bits per heavy atom. The molecule has 4 rings (SSSR count). The van der Waals surface area contributed by atoms with Crippen molar-refractivity contribution in [3.8, 4) is 11.5 Å². The van der Waals surface area contributed by atoms with Gasteiger partial charge in [0.05, 0.1) is 30.8 Å². The number of benzene rings is 2. The molecule has 3 amide bonds. The van der Waals surface area contributed by atoms with Gasteiger partial charge in [-0.05, 0) is 43.2 Å². The molecular formula is C24H26ClN3O5. The fourth-order valence-corrected chi connectivity index (χ4v) is 4.59. The fraction of sp³-hybridized carbons (Fsp3) is 0.375. The lowest BCUT2D eigenvalue weighted by Crippen LogP contribution is -2.28. The second-order valence-corrected chi connectivity index (χ2v) is 8.61. The van der Waals surface area contributed by atoms with E-state index in [2.05, 4.69) is 5.32 Å². The largest absolute Gasteiger partial charge is 0.495 e. The number of halogens is 1. The number of hydrogen-bond donors (Lipinski definition) is 1. The van der Waals surface area contributed by atoms with Gasteiger partial charge in [-0.2, -0.15) is 0 Å². The molecule has 0 bridgehead atoms. The predicted molar refractivity (Wildman–Crippen MR) is 126 cm³/mol. The zero-order valence-electron chi connectivity index (χ0n) is 18.8. The number of ether oxygens (including phenoxy) is 2. The van der Waals surface area contributed by atoms with Gasteiger partial charge in [0.2, 0.25) is 17.7 Å². The highest BCUT2D eigenvalue weighted by Gasteiger charge is 2.37. The molecule has 2 aliphatic heterocycles. The number of nitrogens with zero attached hydrogens (tertiary/aromatic N) is 2. The number of nitrogens with one attached hydrogen (secondary N) is 1. The highest BCUT2D eigenvalue weighted by atomic mass is 35.5. The van der Waals surface area contributed by atoms with Gasteiger partial charge in [0.1, 0.15) is 11.5 Å². The summed E-state index contributed by atoms with van der Waals surface area (Å²) < 4.78 is 10.6. The molecule has 8 nitrogen and oxygen atoms in total. The summed E-state index contributed by atoms with van der Waals surface area (Å²) >= 11 is 6.25. The lowest BCUT2D eigenvalue weighted by molar-refractivity contribution is -0.122. The van der Waals surface area contributed by atoms with E-state index in [4.69, 9.17) is 21.1 Å². The summed E-state index contributed by atoms with van der Waals surface area (Å²) in [5.41, 5.74) is 2.90. The van der Waals surface area contributed by atoms with Crippen molar-refractivity contribution in [1.29, 1.82) is 0 Å². The van der Waals surface area contributed by atoms with E-state index in [1.165, 1.54) is 19.1 Å². The Labute approximate surface area is 197 Å². The van der Waals surface area contributed by atoms with E-state index in [1.54, 1.807) is 23.1 Å². The second kappa shape index (κ2) is 9.31. The summed E-state index contributed by atoms with van der Waals surface area (Å²) in [5.74, 6) is 0.0419. The molecule has 0 saturated carbocycles. The van der Waals surface area contributed by atoms with E-state index in [1.807, 2.05) is 19.1 Å². The molecule has 1 N–H and O–H groups in total. The lowest BCUT2D eigenvalue weighted by Gasteiger charge is -2.21. The van der Waals surface area contributed by atoms with Gasteiger partial charge in [-0.1, -0.05) is 11.6 Å². The third-order valence-corrected chi connectivity index (χ3v) is 6.36. The highest BCUT2D eigenvalue weighted by molar-refractivity contribution is 6.32. The van der Waals surface area contributed by atoms with Crippen molar-refractivity contribution in [2.45, 2.75) is 26.2 Å². The van der Waals surface area contributed by atoms with Gasteiger partial charge in [0.15, 0.2) is 0 Å². The number of aryl methyl sites for hydroxylation is 1. The highest BCUT2D eigenvalue weighted by Crippen LogP contribution is 2.40. The van der Waals surface area contributed by atoms with Crippen LogP contribution in [-0.4, -0.2) is 45.0 Å². The van der Waals surface area contributed by atoms with Crippen LogP contribution >= 0.6 is 11.6 Å². The lowest BCUT2D eigenvalue weighted by atomic mass is 10.1. The number of hydrogen-bond acceptors (Lipinski definition) is 5. The third kappa shape index (κ3) is 4.48. The molecule has 2 heterocycles. The van der Waals surface area contributed by atoms with Crippen LogP contribution in [0.2, 0.25) is 5.02 Å². The van der Waals surface area contributed by atoms with Crippen LogP contribution in [0.3, 0.4) is 0 Å². The molecule has 33 heavy (non-hydrogen) atoms. The summed E-state index contributed by atoms with van der Waals surface area (Å²) in [7, 11) is 3.00. The van der Waals surface area contributed by atoms with Crippen molar-refractivity contribution in [2.75, 3.05) is 42.4 Å². The first-order valence-electron chi connectivity index (χ1n) is 10.8. The Morgan fingerprint density at radius 1 is 1.03 bits per heavy atom. The van der Waals surface area contributed by atoms with Gasteiger partial charge < -0.3 is 24.6 Å². The van der Waals surface area contributed by atoms with E-state index in [0.717, 1.165) is 17.7 Å². The van der Waals surface area contributed by atoms with Crippen LogP contribution < -0.4 is 24.6 Å². The van der Waals surface area contributed by atoms with E-state index in [0.29, 0.717) is 40.9 Å². The summed E-state index contributed by atoms with van der Waals surface area (Å²) in [4.78, 5) is 41.0. The van der Waals surface area contributed by atoms with Crippen molar-refractivity contribution < 1.29 is 23.9 Å². The number of methoxy groups -OCH3 is 2. The number of amides is 3. The van der Waals surface area contributed by atoms with Crippen LogP contribution in [0.15, 0.2) is 30.3 Å². The van der Waals surface area contributed by atoms with E-state index < -0.39 is 5.92 Å². The normalized spacial score (nSPS) is 18.1. The fourth-order valence-electron chi connectivity index (χ4n) is 4.35. The van der Waals surface area contributed by atoms with Gasteiger partial charge in [-0.15, -0.1) is 0 Å². The maximum atomic E-state index is 12.9. The summed E-state index contributed by atoms with van der Waals surface area (Å²) in [6.07, 6.45) is 1.50. The van der Waals surface area contributed by atoms with Crippen molar-refractivity contribution >= 4 is 46.4 Å². The van der Waals surface area contributed by atoms with Crippen LogP contribution in [0.5, 0.6) is 11.5 Å². The number of carbonyl (C=O) groups excluding carboxylic acids is 3. The van der Waals surface area contributed by atoms with Gasteiger partial charge in [-0.25, -0.2) is 0 Å². The zero-order chi connectivity index (χ0) is 23.7. The molecule has 0 unspecified atom stereocenters. The molecular weight excluding hydrogens is 446 g/mol. The quantitative estimate of drug-likeness (QED) is 0.692. The van der Waals surface area contributed by atoms with Gasteiger partial charge in [0, 0.05) is 43.4 Å². The van der Waals surface area contributed by atoms with Crippen LogP contribution in [0.4, 0.5) is 17.1 Å². The summed E-state index contributed by atoms with van der Waals surface area (Å²) in [6.45, 7) is 2.84. The smallest absolute Gasteiger partial charge is 0.229 e. The van der Waals surface area contributed by atoms with Gasteiger partial charge in [0.25, 0.3) is 0 Å². The molecule has 2 aliphatic rings. The number of anilines is 3. The molecule has 0 aliphatic carbocycles. The Morgan fingerprint density at radius 3 is 2.42 bits per heavy atom. The van der Waals surface area contributed by atoms with Crippen LogP contribution in [0, 0.1) is 12.8 Å². The first-order valence-corrected chi connectivity index (χ1v) is 11.1. The average Bonchev–Trinajstić information content (AvgIpc) is 3.39. The van der Waals surface area contributed by atoms with Gasteiger partial charge in [-0.3, -0.25) is 14.4 Å².